The highest BCUT2D eigenvalue weighted by atomic mass is 16.3. The summed E-state index contributed by atoms with van der Waals surface area (Å²) in [6.45, 7) is 2.00. The standard InChI is InChI=1S/C11H9N3O/c1-8-6-13-14(7-8)11-9-3-5-15-10(9)2-4-12-11/h2-7H,1H3. The zero-order valence-corrected chi connectivity index (χ0v) is 8.21. The van der Waals surface area contributed by atoms with Crippen LogP contribution in [0.4, 0.5) is 0 Å². The molecule has 0 amide bonds. The van der Waals surface area contributed by atoms with Crippen molar-refractivity contribution in [2.24, 2.45) is 0 Å². The minimum absolute atomic E-state index is 0.800. The first-order valence-electron chi connectivity index (χ1n) is 4.68. The molecule has 0 bridgehead atoms. The molecule has 3 aromatic rings. The molecule has 0 aliphatic heterocycles. The van der Waals surface area contributed by atoms with Crippen LogP contribution in [0.5, 0.6) is 0 Å². The van der Waals surface area contributed by atoms with E-state index in [0.717, 1.165) is 22.4 Å². The summed E-state index contributed by atoms with van der Waals surface area (Å²) in [6.07, 6.45) is 7.12. The number of rotatable bonds is 1. The Hall–Kier alpha value is -2.10. The lowest BCUT2D eigenvalue weighted by Gasteiger charge is -2.00. The predicted molar refractivity (Wildman–Crippen MR) is 55.9 cm³/mol. The Labute approximate surface area is 86.2 Å². The molecule has 3 aromatic heterocycles. The quantitative estimate of drug-likeness (QED) is 0.604. The third-order valence-electron chi connectivity index (χ3n) is 2.29. The van der Waals surface area contributed by atoms with E-state index in [9.17, 15) is 0 Å². The van der Waals surface area contributed by atoms with Crippen molar-refractivity contribution in [1.82, 2.24) is 14.8 Å². The van der Waals surface area contributed by atoms with Gasteiger partial charge >= 0.3 is 0 Å². The summed E-state index contributed by atoms with van der Waals surface area (Å²) >= 11 is 0. The molecule has 4 heteroatoms. The Morgan fingerprint density at radius 2 is 2.27 bits per heavy atom. The summed E-state index contributed by atoms with van der Waals surface area (Å²) in [4.78, 5) is 4.30. The first-order chi connectivity index (χ1) is 7.34. The van der Waals surface area contributed by atoms with Crippen LogP contribution in [0, 0.1) is 6.92 Å². The summed E-state index contributed by atoms with van der Waals surface area (Å²) in [5.74, 6) is 0.800. The van der Waals surface area contributed by atoms with Gasteiger partial charge in [-0.1, -0.05) is 0 Å². The fourth-order valence-corrected chi connectivity index (χ4v) is 1.59. The number of aromatic nitrogens is 3. The van der Waals surface area contributed by atoms with Gasteiger partial charge in [0.25, 0.3) is 0 Å². The van der Waals surface area contributed by atoms with Gasteiger partial charge in [0.1, 0.15) is 5.58 Å². The lowest BCUT2D eigenvalue weighted by Crippen LogP contribution is -1.97. The van der Waals surface area contributed by atoms with E-state index in [1.165, 1.54) is 0 Å². The lowest BCUT2D eigenvalue weighted by atomic mass is 10.3. The highest BCUT2D eigenvalue weighted by molar-refractivity contribution is 5.83. The molecule has 74 valence electrons. The van der Waals surface area contributed by atoms with E-state index in [1.54, 1.807) is 23.3 Å². The third kappa shape index (κ3) is 1.22. The van der Waals surface area contributed by atoms with Crippen molar-refractivity contribution in [3.63, 3.8) is 0 Å². The van der Waals surface area contributed by atoms with Crippen molar-refractivity contribution in [2.75, 3.05) is 0 Å². The molecule has 0 atom stereocenters. The molecule has 3 heterocycles. The van der Waals surface area contributed by atoms with E-state index in [-0.39, 0.29) is 0 Å². The largest absolute Gasteiger partial charge is 0.464 e. The molecule has 0 N–H and O–H groups in total. The van der Waals surface area contributed by atoms with Gasteiger partial charge in [-0.05, 0) is 24.6 Å². The number of fused-ring (bicyclic) bond motifs is 1. The summed E-state index contributed by atoms with van der Waals surface area (Å²) in [5.41, 5.74) is 1.94. The van der Waals surface area contributed by atoms with Crippen LogP contribution < -0.4 is 0 Å². The fraction of sp³-hybridized carbons (Fsp3) is 0.0909. The number of hydrogen-bond donors (Lipinski definition) is 0. The molecule has 0 saturated heterocycles. The van der Waals surface area contributed by atoms with Gasteiger partial charge in [0.2, 0.25) is 0 Å². The maximum absolute atomic E-state index is 5.31. The van der Waals surface area contributed by atoms with Gasteiger partial charge < -0.3 is 4.42 Å². The van der Waals surface area contributed by atoms with Crippen LogP contribution in [0.2, 0.25) is 0 Å². The summed E-state index contributed by atoms with van der Waals surface area (Å²) < 4.78 is 7.06. The van der Waals surface area contributed by atoms with E-state index in [0.29, 0.717) is 0 Å². The molecule has 0 radical (unpaired) electrons. The monoisotopic (exact) mass is 199 g/mol. The average molecular weight is 199 g/mol. The Morgan fingerprint density at radius 3 is 3.07 bits per heavy atom. The van der Waals surface area contributed by atoms with Gasteiger partial charge in [0.05, 0.1) is 17.8 Å². The molecule has 0 aliphatic carbocycles. The fourth-order valence-electron chi connectivity index (χ4n) is 1.59. The van der Waals surface area contributed by atoms with Gasteiger partial charge in [-0.2, -0.15) is 5.10 Å². The van der Waals surface area contributed by atoms with Gasteiger partial charge in [-0.25, -0.2) is 9.67 Å². The lowest BCUT2D eigenvalue weighted by molar-refractivity contribution is 0.615. The minimum Gasteiger partial charge on any atom is -0.464 e. The number of hydrogen-bond acceptors (Lipinski definition) is 3. The van der Waals surface area contributed by atoms with Crippen LogP contribution in [0.3, 0.4) is 0 Å². The Kier molecular flexibility index (Phi) is 1.62. The van der Waals surface area contributed by atoms with E-state index in [4.69, 9.17) is 4.42 Å². The first kappa shape index (κ1) is 8.23. The third-order valence-corrected chi connectivity index (χ3v) is 2.29. The summed E-state index contributed by atoms with van der Waals surface area (Å²) in [5, 5.41) is 5.20. The van der Waals surface area contributed by atoms with Gasteiger partial charge in [-0.3, -0.25) is 0 Å². The van der Waals surface area contributed by atoms with Gasteiger partial charge in [0, 0.05) is 12.4 Å². The minimum atomic E-state index is 0.800. The summed E-state index contributed by atoms with van der Waals surface area (Å²) in [7, 11) is 0. The van der Waals surface area contributed by atoms with Crippen LogP contribution >= 0.6 is 0 Å². The van der Waals surface area contributed by atoms with Crippen LogP contribution in [-0.2, 0) is 0 Å². The summed E-state index contributed by atoms with van der Waals surface area (Å²) in [6, 6.07) is 3.74. The molecule has 0 saturated carbocycles. The smallest absolute Gasteiger partial charge is 0.164 e. The van der Waals surface area contributed by atoms with Crippen LogP contribution in [0.25, 0.3) is 16.8 Å². The normalized spacial score (nSPS) is 11.0. The van der Waals surface area contributed by atoms with Crippen LogP contribution in [0.15, 0.2) is 41.4 Å². The maximum atomic E-state index is 5.31. The topological polar surface area (TPSA) is 43.9 Å². The van der Waals surface area contributed by atoms with Crippen molar-refractivity contribution in [3.8, 4) is 5.82 Å². The van der Waals surface area contributed by atoms with Crippen molar-refractivity contribution in [1.29, 1.82) is 0 Å². The van der Waals surface area contributed by atoms with E-state index in [1.807, 2.05) is 25.3 Å². The molecular weight excluding hydrogens is 190 g/mol. The molecule has 0 aromatic carbocycles. The number of furan rings is 1. The molecular formula is C11H9N3O. The Bertz CT molecular complexity index is 609. The van der Waals surface area contributed by atoms with Crippen LogP contribution in [0.1, 0.15) is 5.56 Å². The molecule has 0 unspecified atom stereocenters. The number of pyridine rings is 1. The molecule has 4 nitrogen and oxygen atoms in total. The molecule has 15 heavy (non-hydrogen) atoms. The van der Waals surface area contributed by atoms with Crippen molar-refractivity contribution >= 4 is 11.0 Å². The number of aryl methyl sites for hydroxylation is 1. The number of nitrogens with zero attached hydrogens (tertiary/aromatic N) is 3. The van der Waals surface area contributed by atoms with Crippen molar-refractivity contribution < 1.29 is 4.42 Å². The van der Waals surface area contributed by atoms with Crippen molar-refractivity contribution in [2.45, 2.75) is 6.92 Å². The molecule has 0 aliphatic rings. The second kappa shape index (κ2) is 2.95. The van der Waals surface area contributed by atoms with E-state index >= 15 is 0 Å². The van der Waals surface area contributed by atoms with Crippen LogP contribution in [-0.4, -0.2) is 14.8 Å². The molecule has 0 fully saturated rings. The molecule has 3 rings (SSSR count). The second-order valence-electron chi connectivity index (χ2n) is 3.43. The van der Waals surface area contributed by atoms with E-state index < -0.39 is 0 Å². The highest BCUT2D eigenvalue weighted by Gasteiger charge is 2.06. The molecule has 0 spiro atoms. The van der Waals surface area contributed by atoms with Crippen molar-refractivity contribution in [3.05, 3.63) is 42.5 Å². The maximum Gasteiger partial charge on any atom is 0.164 e. The zero-order valence-electron chi connectivity index (χ0n) is 8.21. The Balaban J connectivity index is 2.30. The SMILES string of the molecule is Cc1cnn(-c2nccc3occc23)c1. The zero-order chi connectivity index (χ0) is 10.3. The highest BCUT2D eigenvalue weighted by Crippen LogP contribution is 2.20. The van der Waals surface area contributed by atoms with Gasteiger partial charge in [0.15, 0.2) is 5.82 Å². The Morgan fingerprint density at radius 1 is 1.33 bits per heavy atom. The average Bonchev–Trinajstić information content (AvgIpc) is 2.84. The van der Waals surface area contributed by atoms with Gasteiger partial charge in [-0.15, -0.1) is 0 Å². The predicted octanol–water partition coefficient (Wildman–Crippen LogP) is 2.32. The second-order valence-corrected chi connectivity index (χ2v) is 3.43. The first-order valence-corrected chi connectivity index (χ1v) is 4.68. The van der Waals surface area contributed by atoms with E-state index in [2.05, 4.69) is 10.1 Å².